The number of imide groups is 1. The zero-order valence-corrected chi connectivity index (χ0v) is 8.81. The fraction of sp³-hybridized carbons (Fsp3) is 0.818. The van der Waals surface area contributed by atoms with Gasteiger partial charge < -0.3 is 0 Å². The van der Waals surface area contributed by atoms with Gasteiger partial charge in [0.05, 0.1) is 18.9 Å². The van der Waals surface area contributed by atoms with Crippen molar-refractivity contribution in [3.63, 3.8) is 0 Å². The molecule has 2 atom stereocenters. The molecule has 0 aromatic heterocycles. The Balaban J connectivity index is 1.98. The van der Waals surface area contributed by atoms with Gasteiger partial charge in [0, 0.05) is 0 Å². The van der Waals surface area contributed by atoms with Crippen molar-refractivity contribution in [3.8, 4) is 0 Å². The molecule has 2 unspecified atom stereocenters. The number of amides is 2. The lowest BCUT2D eigenvalue weighted by atomic mass is 9.59. The highest BCUT2D eigenvalue weighted by molar-refractivity contribution is 6.04. The van der Waals surface area contributed by atoms with Crippen LogP contribution in [0.15, 0.2) is 0 Å². The molecule has 0 radical (unpaired) electrons. The van der Waals surface area contributed by atoms with Crippen molar-refractivity contribution in [1.82, 2.24) is 5.06 Å². The zero-order valence-electron chi connectivity index (χ0n) is 8.81. The number of nitrogens with zero attached hydrogens (tertiary/aromatic N) is 1. The Morgan fingerprint density at radius 2 is 1.40 bits per heavy atom. The van der Waals surface area contributed by atoms with E-state index in [0.717, 1.165) is 30.7 Å². The van der Waals surface area contributed by atoms with Crippen LogP contribution in [0, 0.1) is 23.7 Å². The van der Waals surface area contributed by atoms with Gasteiger partial charge in [0.25, 0.3) is 11.8 Å². The van der Waals surface area contributed by atoms with E-state index in [1.807, 2.05) is 0 Å². The molecule has 2 bridgehead atoms. The molecule has 4 nitrogen and oxygen atoms in total. The molecule has 1 heterocycles. The van der Waals surface area contributed by atoms with Crippen LogP contribution in [0.5, 0.6) is 0 Å². The largest absolute Gasteiger partial charge is 0.272 e. The van der Waals surface area contributed by atoms with Crippen LogP contribution in [0.4, 0.5) is 0 Å². The second kappa shape index (κ2) is 3.04. The Hall–Kier alpha value is -0.900. The zero-order chi connectivity index (χ0) is 10.6. The number of carbonyl (C=O) groups excluding carboxylic acids is 2. The number of hydroxylamine groups is 2. The van der Waals surface area contributed by atoms with Gasteiger partial charge in [-0.2, -0.15) is 5.06 Å². The van der Waals surface area contributed by atoms with Crippen molar-refractivity contribution in [2.75, 3.05) is 7.11 Å². The van der Waals surface area contributed by atoms with Crippen LogP contribution < -0.4 is 0 Å². The summed E-state index contributed by atoms with van der Waals surface area (Å²) in [7, 11) is 1.40. The summed E-state index contributed by atoms with van der Waals surface area (Å²) in [6.45, 7) is 0. The van der Waals surface area contributed by atoms with Crippen molar-refractivity contribution < 1.29 is 14.4 Å². The number of rotatable bonds is 1. The van der Waals surface area contributed by atoms with E-state index in [0.29, 0.717) is 11.8 Å². The van der Waals surface area contributed by atoms with E-state index in [2.05, 4.69) is 0 Å². The molecule has 4 aliphatic rings. The summed E-state index contributed by atoms with van der Waals surface area (Å²) in [6, 6.07) is 0. The molecular formula is C11H15NO3. The lowest BCUT2D eigenvalue weighted by Crippen LogP contribution is -2.41. The SMILES string of the molecule is CON1C(=O)C2C3CCC(CC3)C2C1=O. The minimum atomic E-state index is -0.0955. The molecule has 82 valence electrons. The maximum atomic E-state index is 12.0. The summed E-state index contributed by atoms with van der Waals surface area (Å²) in [6.07, 6.45) is 4.45. The molecule has 0 N–H and O–H groups in total. The van der Waals surface area contributed by atoms with Crippen molar-refractivity contribution in [3.05, 3.63) is 0 Å². The van der Waals surface area contributed by atoms with Crippen molar-refractivity contribution in [2.45, 2.75) is 25.7 Å². The van der Waals surface area contributed by atoms with Crippen molar-refractivity contribution >= 4 is 11.8 Å². The highest BCUT2D eigenvalue weighted by Crippen LogP contribution is 2.52. The summed E-state index contributed by atoms with van der Waals surface area (Å²) in [5, 5.41) is 0.992. The maximum Gasteiger partial charge on any atom is 0.257 e. The summed E-state index contributed by atoms with van der Waals surface area (Å²) >= 11 is 0. The Bertz CT molecular complexity index is 290. The minimum Gasteiger partial charge on any atom is -0.272 e. The standard InChI is InChI=1S/C11H15NO3/c1-15-12-10(13)8-6-2-3-7(5-4-6)9(8)11(12)14/h6-9H,2-5H2,1H3. The Kier molecular flexibility index (Phi) is 1.89. The van der Waals surface area contributed by atoms with Crippen LogP contribution in [0.2, 0.25) is 0 Å². The van der Waals surface area contributed by atoms with Gasteiger partial charge in [-0.15, -0.1) is 0 Å². The van der Waals surface area contributed by atoms with E-state index in [-0.39, 0.29) is 23.7 Å². The predicted molar refractivity (Wildman–Crippen MR) is 51.3 cm³/mol. The van der Waals surface area contributed by atoms with Crippen molar-refractivity contribution in [1.29, 1.82) is 0 Å². The first-order chi connectivity index (χ1) is 7.24. The van der Waals surface area contributed by atoms with E-state index < -0.39 is 0 Å². The average molecular weight is 209 g/mol. The van der Waals surface area contributed by atoms with Crippen molar-refractivity contribution in [2.24, 2.45) is 23.7 Å². The van der Waals surface area contributed by atoms with Crippen LogP contribution in [0.1, 0.15) is 25.7 Å². The van der Waals surface area contributed by atoms with Crippen LogP contribution in [0.25, 0.3) is 0 Å². The van der Waals surface area contributed by atoms with Crippen LogP contribution in [0.3, 0.4) is 0 Å². The molecule has 4 rings (SSSR count). The van der Waals surface area contributed by atoms with Gasteiger partial charge in [0.1, 0.15) is 0 Å². The maximum absolute atomic E-state index is 12.0. The number of hydrogen-bond acceptors (Lipinski definition) is 3. The quantitative estimate of drug-likeness (QED) is 0.604. The molecule has 0 aromatic carbocycles. The average Bonchev–Trinajstić information content (AvgIpc) is 2.55. The van der Waals surface area contributed by atoms with E-state index in [1.54, 1.807) is 0 Å². The summed E-state index contributed by atoms with van der Waals surface area (Å²) in [4.78, 5) is 28.8. The fourth-order valence-electron chi connectivity index (χ4n) is 3.72. The normalized spacial score (nSPS) is 43.7. The molecule has 4 fully saturated rings. The lowest BCUT2D eigenvalue weighted by Gasteiger charge is -2.42. The monoisotopic (exact) mass is 209 g/mol. The summed E-state index contributed by atoms with van der Waals surface area (Å²) in [5.41, 5.74) is 0. The highest BCUT2D eigenvalue weighted by atomic mass is 16.7. The molecule has 3 saturated carbocycles. The molecule has 1 saturated heterocycles. The van der Waals surface area contributed by atoms with E-state index in [1.165, 1.54) is 7.11 Å². The van der Waals surface area contributed by atoms with Gasteiger partial charge in [-0.1, -0.05) is 0 Å². The van der Waals surface area contributed by atoms with Gasteiger partial charge in [0.15, 0.2) is 0 Å². The van der Waals surface area contributed by atoms with Gasteiger partial charge in [-0.05, 0) is 37.5 Å². The van der Waals surface area contributed by atoms with Gasteiger partial charge in [-0.25, -0.2) is 0 Å². The van der Waals surface area contributed by atoms with Crippen LogP contribution in [-0.4, -0.2) is 24.0 Å². The topological polar surface area (TPSA) is 46.6 Å². The Morgan fingerprint density at radius 1 is 1.00 bits per heavy atom. The smallest absolute Gasteiger partial charge is 0.257 e. The summed E-state index contributed by atoms with van der Waals surface area (Å²) < 4.78 is 0. The third-order valence-electron chi connectivity index (χ3n) is 4.37. The number of hydrogen-bond donors (Lipinski definition) is 0. The number of fused-ring (bicyclic) bond motifs is 2. The van der Waals surface area contributed by atoms with Crippen LogP contribution >= 0.6 is 0 Å². The predicted octanol–water partition coefficient (Wildman–Crippen LogP) is 0.969. The lowest BCUT2D eigenvalue weighted by molar-refractivity contribution is -0.181. The molecule has 3 aliphatic carbocycles. The molecule has 0 spiro atoms. The summed E-state index contributed by atoms with van der Waals surface area (Å²) in [5.74, 6) is 0.534. The Morgan fingerprint density at radius 3 is 1.73 bits per heavy atom. The molecule has 2 amide bonds. The van der Waals surface area contributed by atoms with E-state index >= 15 is 0 Å². The van der Waals surface area contributed by atoms with E-state index in [4.69, 9.17) is 4.84 Å². The second-order valence-corrected chi connectivity index (χ2v) is 4.88. The van der Waals surface area contributed by atoms with E-state index in [9.17, 15) is 9.59 Å². The van der Waals surface area contributed by atoms with Gasteiger partial charge in [-0.3, -0.25) is 14.4 Å². The van der Waals surface area contributed by atoms with Gasteiger partial charge in [0.2, 0.25) is 0 Å². The third-order valence-corrected chi connectivity index (χ3v) is 4.37. The second-order valence-electron chi connectivity index (χ2n) is 4.88. The minimum absolute atomic E-state index is 0.0649. The molecule has 1 aliphatic heterocycles. The molecule has 15 heavy (non-hydrogen) atoms. The number of carbonyl (C=O) groups is 2. The molecular weight excluding hydrogens is 194 g/mol. The first kappa shape index (κ1) is 9.33. The Labute approximate surface area is 88.5 Å². The highest BCUT2D eigenvalue weighted by Gasteiger charge is 2.58. The van der Waals surface area contributed by atoms with Gasteiger partial charge >= 0.3 is 0 Å². The first-order valence-corrected chi connectivity index (χ1v) is 5.66. The fourth-order valence-corrected chi connectivity index (χ4v) is 3.72. The molecule has 0 aromatic rings. The molecule has 4 heteroatoms. The van der Waals surface area contributed by atoms with Crippen LogP contribution in [-0.2, 0) is 14.4 Å². The third kappa shape index (κ3) is 1.06. The first-order valence-electron chi connectivity index (χ1n) is 5.66.